The summed E-state index contributed by atoms with van der Waals surface area (Å²) in [5.41, 5.74) is 0.871. The lowest BCUT2D eigenvalue weighted by Crippen LogP contribution is -2.41. The van der Waals surface area contributed by atoms with E-state index in [1.54, 1.807) is 19.1 Å². The molecule has 0 radical (unpaired) electrons. The van der Waals surface area contributed by atoms with Crippen molar-refractivity contribution >= 4 is 16.1 Å². The third kappa shape index (κ3) is 4.02. The molecular weight excluding hydrogens is 272 g/mol. The van der Waals surface area contributed by atoms with Gasteiger partial charge in [-0.1, -0.05) is 17.7 Å². The van der Waals surface area contributed by atoms with E-state index in [2.05, 4.69) is 8.92 Å². The molecule has 0 aliphatic heterocycles. The van der Waals surface area contributed by atoms with Gasteiger partial charge in [-0.2, -0.15) is 8.42 Å². The summed E-state index contributed by atoms with van der Waals surface area (Å²) in [6, 6.07) is 5.81. The van der Waals surface area contributed by atoms with Crippen LogP contribution in [0.1, 0.15) is 19.4 Å². The molecular formula is C12H16O6S. The van der Waals surface area contributed by atoms with Crippen LogP contribution in [0.4, 0.5) is 0 Å². The van der Waals surface area contributed by atoms with Gasteiger partial charge in [0.05, 0.1) is 11.5 Å². The van der Waals surface area contributed by atoms with E-state index in [-0.39, 0.29) is 11.5 Å². The molecule has 1 rings (SSSR count). The lowest BCUT2D eigenvalue weighted by Gasteiger charge is -2.20. The topological polar surface area (TPSA) is 89.9 Å². The minimum atomic E-state index is -4.25. The molecule has 0 aromatic heterocycles. The number of carbonyl (C=O) groups excluding carboxylic acids is 1. The number of hydrogen-bond acceptors (Lipinski definition) is 6. The van der Waals surface area contributed by atoms with Crippen LogP contribution in [-0.4, -0.2) is 31.9 Å². The summed E-state index contributed by atoms with van der Waals surface area (Å²) >= 11 is 0. The summed E-state index contributed by atoms with van der Waals surface area (Å²) in [5, 5.41) is 9.69. The number of ether oxygens (including phenoxy) is 1. The number of aryl methyl sites for hydroxylation is 1. The van der Waals surface area contributed by atoms with Crippen LogP contribution in [0.25, 0.3) is 0 Å². The Balaban J connectivity index is 2.96. The third-order valence-corrected chi connectivity index (χ3v) is 3.63. The van der Waals surface area contributed by atoms with Crippen LogP contribution in [0.2, 0.25) is 0 Å². The highest BCUT2D eigenvalue weighted by Gasteiger charge is 2.39. The highest BCUT2D eigenvalue weighted by molar-refractivity contribution is 7.86. The van der Waals surface area contributed by atoms with Crippen molar-refractivity contribution in [1.29, 1.82) is 0 Å². The summed E-state index contributed by atoms with van der Waals surface area (Å²) in [4.78, 5) is 11.2. The molecule has 0 saturated heterocycles. The number of aliphatic hydroxyl groups is 1. The van der Waals surface area contributed by atoms with Gasteiger partial charge in [-0.05, 0) is 26.0 Å². The predicted molar refractivity (Wildman–Crippen MR) is 66.7 cm³/mol. The first-order valence-corrected chi connectivity index (χ1v) is 7.02. The molecule has 1 N–H and O–H groups in total. The summed E-state index contributed by atoms with van der Waals surface area (Å²) in [6.07, 6.45) is 0. The molecule has 0 spiro atoms. The minimum Gasteiger partial charge on any atom is -0.462 e. The summed E-state index contributed by atoms with van der Waals surface area (Å²) in [5.74, 6) is -3.72. The molecule has 0 saturated carbocycles. The molecule has 0 bridgehead atoms. The number of benzene rings is 1. The molecule has 1 aromatic rings. The van der Waals surface area contributed by atoms with Gasteiger partial charge in [-0.15, -0.1) is 0 Å². The largest absolute Gasteiger partial charge is 0.462 e. The van der Waals surface area contributed by atoms with Crippen LogP contribution < -0.4 is 0 Å². The fraction of sp³-hybridized carbons (Fsp3) is 0.417. The fourth-order valence-corrected chi connectivity index (χ4v) is 2.33. The van der Waals surface area contributed by atoms with E-state index in [0.29, 0.717) is 0 Å². The van der Waals surface area contributed by atoms with Gasteiger partial charge in [-0.25, -0.2) is 8.98 Å². The number of carbonyl (C=O) groups is 1. The van der Waals surface area contributed by atoms with Gasteiger partial charge < -0.3 is 9.84 Å². The van der Waals surface area contributed by atoms with Crippen LogP contribution in [0.15, 0.2) is 29.2 Å². The average Bonchev–Trinajstić information content (AvgIpc) is 2.28. The van der Waals surface area contributed by atoms with E-state index in [0.717, 1.165) is 12.5 Å². The number of rotatable bonds is 5. The first-order valence-electron chi connectivity index (χ1n) is 5.61. The normalized spacial score (nSPS) is 14.7. The van der Waals surface area contributed by atoms with Crippen molar-refractivity contribution in [2.45, 2.75) is 31.5 Å². The van der Waals surface area contributed by atoms with Crippen molar-refractivity contribution in [1.82, 2.24) is 0 Å². The van der Waals surface area contributed by atoms with Crippen molar-refractivity contribution in [2.24, 2.45) is 0 Å². The molecule has 19 heavy (non-hydrogen) atoms. The molecule has 0 fully saturated rings. The van der Waals surface area contributed by atoms with E-state index in [9.17, 15) is 18.3 Å². The maximum atomic E-state index is 11.9. The Morgan fingerprint density at radius 3 is 2.32 bits per heavy atom. The average molecular weight is 288 g/mol. The Labute approximate surface area is 112 Å². The van der Waals surface area contributed by atoms with Crippen LogP contribution in [0.5, 0.6) is 0 Å². The zero-order valence-electron chi connectivity index (χ0n) is 10.9. The smallest absolute Gasteiger partial charge is 0.367 e. The monoisotopic (exact) mass is 288 g/mol. The van der Waals surface area contributed by atoms with Crippen LogP contribution in [0, 0.1) is 6.92 Å². The lowest BCUT2D eigenvalue weighted by atomic mass is 10.2. The summed E-state index contributed by atoms with van der Waals surface area (Å²) in [7, 11) is -4.25. The molecule has 0 aliphatic carbocycles. The van der Waals surface area contributed by atoms with Crippen molar-refractivity contribution < 1.29 is 27.2 Å². The molecule has 1 aromatic carbocycles. The fourth-order valence-electron chi connectivity index (χ4n) is 1.27. The van der Waals surface area contributed by atoms with E-state index < -0.39 is 21.9 Å². The van der Waals surface area contributed by atoms with Gasteiger partial charge in [0.2, 0.25) is 0 Å². The van der Waals surface area contributed by atoms with Crippen molar-refractivity contribution in [2.75, 3.05) is 6.61 Å². The highest BCUT2D eigenvalue weighted by Crippen LogP contribution is 2.20. The van der Waals surface area contributed by atoms with Gasteiger partial charge >= 0.3 is 5.97 Å². The molecule has 1 unspecified atom stereocenters. The second-order valence-corrected chi connectivity index (χ2v) is 5.60. The Kier molecular flexibility index (Phi) is 4.67. The zero-order valence-corrected chi connectivity index (χ0v) is 11.7. The van der Waals surface area contributed by atoms with Gasteiger partial charge in [0, 0.05) is 6.92 Å². The van der Waals surface area contributed by atoms with Crippen LogP contribution in [-0.2, 0) is 23.8 Å². The maximum Gasteiger partial charge on any atom is 0.367 e. The Bertz CT molecular complexity index is 544. The first kappa shape index (κ1) is 15.6. The van der Waals surface area contributed by atoms with Crippen molar-refractivity contribution in [3.63, 3.8) is 0 Å². The summed E-state index contributed by atoms with van der Waals surface area (Å²) in [6.45, 7) is 4.24. The second kappa shape index (κ2) is 5.68. The van der Waals surface area contributed by atoms with Gasteiger partial charge in [0.15, 0.2) is 0 Å². The van der Waals surface area contributed by atoms with E-state index in [1.807, 2.05) is 0 Å². The molecule has 0 aliphatic rings. The van der Waals surface area contributed by atoms with Gasteiger partial charge in [0.1, 0.15) is 0 Å². The third-order valence-electron chi connectivity index (χ3n) is 2.24. The van der Waals surface area contributed by atoms with Crippen LogP contribution in [0.3, 0.4) is 0 Å². The molecule has 6 nitrogen and oxygen atoms in total. The standard InChI is InChI=1S/C12H16O6S/c1-4-17-11(13)12(3,14)18-19(15,16)10-7-5-9(2)6-8-10/h5-8,14H,4H2,1-3H3. The van der Waals surface area contributed by atoms with Gasteiger partial charge in [-0.3, -0.25) is 0 Å². The summed E-state index contributed by atoms with van der Waals surface area (Å²) < 4.78 is 32.8. The maximum absolute atomic E-state index is 11.9. The van der Waals surface area contributed by atoms with Gasteiger partial charge in [0.25, 0.3) is 15.9 Å². The first-order chi connectivity index (χ1) is 8.69. The molecule has 0 heterocycles. The molecule has 106 valence electrons. The van der Waals surface area contributed by atoms with E-state index >= 15 is 0 Å². The zero-order chi connectivity index (χ0) is 14.7. The highest BCUT2D eigenvalue weighted by atomic mass is 32.2. The Morgan fingerprint density at radius 1 is 1.32 bits per heavy atom. The second-order valence-electron chi connectivity index (χ2n) is 4.05. The SMILES string of the molecule is CCOC(=O)C(C)(O)OS(=O)(=O)c1ccc(C)cc1. The molecule has 7 heteroatoms. The number of esters is 1. The lowest BCUT2D eigenvalue weighted by molar-refractivity contribution is -0.193. The van der Waals surface area contributed by atoms with E-state index in [1.165, 1.54) is 19.1 Å². The minimum absolute atomic E-state index is 0.00290. The van der Waals surface area contributed by atoms with Crippen molar-refractivity contribution in [3.8, 4) is 0 Å². The Morgan fingerprint density at radius 2 is 1.84 bits per heavy atom. The van der Waals surface area contributed by atoms with Crippen molar-refractivity contribution in [3.05, 3.63) is 29.8 Å². The Hall–Kier alpha value is -1.44. The van der Waals surface area contributed by atoms with E-state index in [4.69, 9.17) is 0 Å². The molecule has 1 atom stereocenters. The quantitative estimate of drug-likeness (QED) is 0.493. The van der Waals surface area contributed by atoms with Crippen LogP contribution >= 0.6 is 0 Å². The number of hydrogen-bond donors (Lipinski definition) is 1. The predicted octanol–water partition coefficient (Wildman–Crippen LogP) is 0.972. The molecule has 0 amide bonds.